The molecule has 112 valence electrons. The Kier molecular flexibility index (Phi) is 5.25. The van der Waals surface area contributed by atoms with E-state index in [2.05, 4.69) is 24.5 Å². The lowest BCUT2D eigenvalue weighted by molar-refractivity contribution is 0.0506. The first kappa shape index (κ1) is 16.3. The molecule has 1 amide bonds. The molecule has 1 fully saturated rings. The molecule has 0 aromatic carbocycles. The van der Waals surface area contributed by atoms with Gasteiger partial charge in [0.25, 0.3) is 0 Å². The third-order valence-corrected chi connectivity index (χ3v) is 3.88. The summed E-state index contributed by atoms with van der Waals surface area (Å²) in [6, 6.07) is 0.683. The number of rotatable bonds is 6. The number of nitrogens with one attached hydrogen (secondary N) is 2. The molecule has 2 atom stereocenters. The van der Waals surface area contributed by atoms with E-state index in [1.54, 1.807) is 0 Å². The maximum absolute atomic E-state index is 11.6. The molecule has 2 unspecified atom stereocenters. The van der Waals surface area contributed by atoms with E-state index in [0.717, 1.165) is 13.0 Å². The Labute approximate surface area is 117 Å². The standard InChI is InChI=1S/C15H30N2O2/c1-11(17-13(18)19-14(3,4)5)7-10-16-12(2)15(6)8-9-15/h11-12,16H,7-10H2,1-6H3,(H,17,18). The molecule has 2 N–H and O–H groups in total. The van der Waals surface area contributed by atoms with Gasteiger partial charge < -0.3 is 15.4 Å². The van der Waals surface area contributed by atoms with E-state index in [1.807, 2.05) is 27.7 Å². The van der Waals surface area contributed by atoms with Crippen molar-refractivity contribution in [1.82, 2.24) is 10.6 Å². The molecule has 1 aliphatic carbocycles. The van der Waals surface area contributed by atoms with Crippen LogP contribution in [0.2, 0.25) is 0 Å². The van der Waals surface area contributed by atoms with Crippen molar-refractivity contribution in [3.05, 3.63) is 0 Å². The second-order valence-corrected chi connectivity index (χ2v) is 7.17. The second-order valence-electron chi connectivity index (χ2n) is 7.17. The second kappa shape index (κ2) is 6.12. The molecule has 0 radical (unpaired) electrons. The number of carbonyl (C=O) groups excluding carboxylic acids is 1. The minimum absolute atomic E-state index is 0.126. The summed E-state index contributed by atoms with van der Waals surface area (Å²) >= 11 is 0. The highest BCUT2D eigenvalue weighted by Gasteiger charge is 2.42. The monoisotopic (exact) mass is 270 g/mol. The highest BCUT2D eigenvalue weighted by molar-refractivity contribution is 5.67. The number of amides is 1. The zero-order chi connectivity index (χ0) is 14.7. The van der Waals surface area contributed by atoms with Crippen molar-refractivity contribution in [2.45, 2.75) is 78.5 Å². The van der Waals surface area contributed by atoms with Crippen LogP contribution in [0.5, 0.6) is 0 Å². The molecular formula is C15H30N2O2. The summed E-state index contributed by atoms with van der Waals surface area (Å²) in [4.78, 5) is 11.6. The van der Waals surface area contributed by atoms with E-state index in [4.69, 9.17) is 4.74 Å². The molecule has 1 saturated carbocycles. The Balaban J connectivity index is 2.14. The van der Waals surface area contributed by atoms with Gasteiger partial charge in [-0.05, 0) is 65.8 Å². The molecule has 1 rings (SSSR count). The van der Waals surface area contributed by atoms with E-state index in [-0.39, 0.29) is 12.1 Å². The lowest BCUT2D eigenvalue weighted by Gasteiger charge is -2.23. The van der Waals surface area contributed by atoms with Crippen LogP contribution in [-0.2, 0) is 4.74 Å². The zero-order valence-electron chi connectivity index (χ0n) is 13.3. The largest absolute Gasteiger partial charge is 0.444 e. The maximum atomic E-state index is 11.6. The van der Waals surface area contributed by atoms with Crippen LogP contribution in [0.15, 0.2) is 0 Å². The average molecular weight is 270 g/mol. The fourth-order valence-corrected chi connectivity index (χ4v) is 1.97. The molecule has 0 aromatic heterocycles. The van der Waals surface area contributed by atoms with Crippen molar-refractivity contribution in [3.63, 3.8) is 0 Å². The van der Waals surface area contributed by atoms with Gasteiger partial charge in [0.15, 0.2) is 0 Å². The smallest absolute Gasteiger partial charge is 0.407 e. The summed E-state index contributed by atoms with van der Waals surface area (Å²) in [5, 5.41) is 6.41. The van der Waals surface area contributed by atoms with Crippen LogP contribution in [0.3, 0.4) is 0 Å². The summed E-state index contributed by atoms with van der Waals surface area (Å²) in [7, 11) is 0. The summed E-state index contributed by atoms with van der Waals surface area (Å²) in [5.74, 6) is 0. The van der Waals surface area contributed by atoms with Crippen LogP contribution in [-0.4, -0.2) is 30.3 Å². The van der Waals surface area contributed by atoms with Crippen molar-refractivity contribution < 1.29 is 9.53 Å². The van der Waals surface area contributed by atoms with Crippen LogP contribution in [0.1, 0.15) is 60.8 Å². The van der Waals surface area contributed by atoms with Crippen LogP contribution in [0, 0.1) is 5.41 Å². The summed E-state index contributed by atoms with van der Waals surface area (Å²) in [6.45, 7) is 13.1. The van der Waals surface area contributed by atoms with Crippen LogP contribution >= 0.6 is 0 Å². The zero-order valence-corrected chi connectivity index (χ0v) is 13.3. The predicted octanol–water partition coefficient (Wildman–Crippen LogP) is 3.07. The van der Waals surface area contributed by atoms with Crippen LogP contribution in [0.25, 0.3) is 0 Å². The van der Waals surface area contributed by atoms with E-state index in [0.29, 0.717) is 11.5 Å². The number of carbonyl (C=O) groups is 1. The Morgan fingerprint density at radius 3 is 2.37 bits per heavy atom. The molecule has 4 heteroatoms. The van der Waals surface area contributed by atoms with Gasteiger partial charge in [-0.15, -0.1) is 0 Å². The number of hydrogen-bond donors (Lipinski definition) is 2. The highest BCUT2D eigenvalue weighted by atomic mass is 16.6. The fraction of sp³-hybridized carbons (Fsp3) is 0.933. The lowest BCUT2D eigenvalue weighted by atomic mass is 10.0. The summed E-state index contributed by atoms with van der Waals surface area (Å²) < 4.78 is 5.23. The van der Waals surface area contributed by atoms with Crippen molar-refractivity contribution in [2.24, 2.45) is 5.41 Å². The minimum atomic E-state index is -0.433. The van der Waals surface area contributed by atoms with Gasteiger partial charge in [-0.1, -0.05) is 6.92 Å². The van der Waals surface area contributed by atoms with Gasteiger partial charge in [-0.3, -0.25) is 0 Å². The van der Waals surface area contributed by atoms with Crippen molar-refractivity contribution in [2.75, 3.05) is 6.54 Å². The Morgan fingerprint density at radius 2 is 1.89 bits per heavy atom. The van der Waals surface area contributed by atoms with Crippen LogP contribution < -0.4 is 10.6 Å². The Bertz CT molecular complexity index is 306. The highest BCUT2D eigenvalue weighted by Crippen LogP contribution is 2.47. The quantitative estimate of drug-likeness (QED) is 0.780. The molecule has 0 aliphatic heterocycles. The Morgan fingerprint density at radius 1 is 1.32 bits per heavy atom. The first-order valence-corrected chi connectivity index (χ1v) is 7.35. The van der Waals surface area contributed by atoms with E-state index in [1.165, 1.54) is 12.8 Å². The molecule has 1 aliphatic rings. The molecular weight excluding hydrogens is 240 g/mol. The fourth-order valence-electron chi connectivity index (χ4n) is 1.97. The van der Waals surface area contributed by atoms with Crippen molar-refractivity contribution >= 4 is 6.09 Å². The Hall–Kier alpha value is -0.770. The topological polar surface area (TPSA) is 50.4 Å². The number of ether oxygens (including phenoxy) is 1. The third kappa shape index (κ3) is 6.28. The first-order chi connectivity index (χ1) is 8.62. The van der Waals surface area contributed by atoms with Gasteiger partial charge in [0.05, 0.1) is 0 Å². The molecule has 0 saturated heterocycles. The number of hydrogen-bond acceptors (Lipinski definition) is 3. The lowest BCUT2D eigenvalue weighted by Crippen LogP contribution is -2.40. The van der Waals surface area contributed by atoms with Gasteiger partial charge in [0, 0.05) is 12.1 Å². The van der Waals surface area contributed by atoms with Crippen LogP contribution in [0.4, 0.5) is 4.79 Å². The van der Waals surface area contributed by atoms with E-state index < -0.39 is 5.60 Å². The average Bonchev–Trinajstić information content (AvgIpc) is 2.94. The first-order valence-electron chi connectivity index (χ1n) is 7.35. The summed E-state index contributed by atoms with van der Waals surface area (Å²) in [6.07, 6.45) is 3.24. The van der Waals surface area contributed by atoms with Gasteiger partial charge in [0.2, 0.25) is 0 Å². The predicted molar refractivity (Wildman–Crippen MR) is 78.3 cm³/mol. The van der Waals surface area contributed by atoms with E-state index >= 15 is 0 Å². The van der Waals surface area contributed by atoms with Crippen molar-refractivity contribution in [3.8, 4) is 0 Å². The normalized spacial score (nSPS) is 20.5. The SMILES string of the molecule is CC(CCNC(C)C1(C)CC1)NC(=O)OC(C)(C)C. The summed E-state index contributed by atoms with van der Waals surface area (Å²) in [5.41, 5.74) is 0.0684. The number of alkyl carbamates (subject to hydrolysis) is 1. The maximum Gasteiger partial charge on any atom is 0.407 e. The van der Waals surface area contributed by atoms with Gasteiger partial charge in [-0.2, -0.15) is 0 Å². The third-order valence-electron chi connectivity index (χ3n) is 3.88. The molecule has 0 spiro atoms. The van der Waals surface area contributed by atoms with Gasteiger partial charge in [-0.25, -0.2) is 4.79 Å². The molecule has 0 heterocycles. The molecule has 0 aromatic rings. The van der Waals surface area contributed by atoms with Gasteiger partial charge in [0.1, 0.15) is 5.60 Å². The molecule has 19 heavy (non-hydrogen) atoms. The van der Waals surface area contributed by atoms with Gasteiger partial charge >= 0.3 is 6.09 Å². The van der Waals surface area contributed by atoms with Crippen molar-refractivity contribution in [1.29, 1.82) is 0 Å². The minimum Gasteiger partial charge on any atom is -0.444 e. The molecule has 0 bridgehead atoms. The molecule has 4 nitrogen and oxygen atoms in total. The van der Waals surface area contributed by atoms with E-state index in [9.17, 15) is 4.79 Å².